The van der Waals surface area contributed by atoms with Gasteiger partial charge in [-0.15, -0.1) is 0 Å². The van der Waals surface area contributed by atoms with Crippen LogP contribution in [0.4, 0.5) is 8.78 Å². The Morgan fingerprint density at radius 3 is 2.84 bits per heavy atom. The Hall–Kier alpha value is -1.53. The fourth-order valence-electron chi connectivity index (χ4n) is 1.84. The molecule has 0 amide bonds. The van der Waals surface area contributed by atoms with Gasteiger partial charge in [0.1, 0.15) is 0 Å². The smallest absolute Gasteiger partial charge is 0.161 e. The Bertz CT molecular complexity index is 542. The molecule has 19 heavy (non-hydrogen) atoms. The third kappa shape index (κ3) is 3.48. The van der Waals surface area contributed by atoms with Crippen LogP contribution in [0.2, 0.25) is 0 Å². The van der Waals surface area contributed by atoms with Crippen molar-refractivity contribution in [3.63, 3.8) is 0 Å². The molecule has 2 aromatic rings. The van der Waals surface area contributed by atoms with E-state index in [1.165, 1.54) is 6.07 Å². The summed E-state index contributed by atoms with van der Waals surface area (Å²) in [6, 6.07) is 2.29. The minimum Gasteiger partial charge on any atom is -0.380 e. The lowest BCUT2D eigenvalue weighted by Crippen LogP contribution is -2.23. The molecule has 0 atom stereocenters. The molecule has 0 aliphatic carbocycles. The number of nitrogens with one attached hydrogen (secondary N) is 1. The summed E-state index contributed by atoms with van der Waals surface area (Å²) in [5, 5.41) is 3.21. The molecule has 0 unspecified atom stereocenters. The summed E-state index contributed by atoms with van der Waals surface area (Å²) in [6.07, 6.45) is 1.59. The van der Waals surface area contributed by atoms with Crippen molar-refractivity contribution < 1.29 is 13.5 Å². The molecule has 1 heterocycles. The van der Waals surface area contributed by atoms with Crippen LogP contribution in [0.5, 0.6) is 0 Å². The number of hydrogen-bond acceptors (Lipinski definition) is 3. The van der Waals surface area contributed by atoms with Gasteiger partial charge in [0, 0.05) is 38.4 Å². The highest BCUT2D eigenvalue weighted by atomic mass is 19.2. The van der Waals surface area contributed by atoms with Gasteiger partial charge in [0.15, 0.2) is 11.6 Å². The number of hydrogen-bond donors (Lipinski definition) is 1. The molecule has 0 aliphatic heterocycles. The summed E-state index contributed by atoms with van der Waals surface area (Å²) < 4.78 is 33.2. The summed E-state index contributed by atoms with van der Waals surface area (Å²) in [7, 11) is 0. The molecule has 1 N–H and O–H groups in total. The van der Waals surface area contributed by atoms with E-state index < -0.39 is 11.6 Å². The Labute approximate surface area is 110 Å². The van der Waals surface area contributed by atoms with Crippen molar-refractivity contribution in [2.45, 2.75) is 13.5 Å². The fraction of sp³-hybridized carbons (Fsp3) is 0.462. The average Bonchev–Trinajstić information content (AvgIpc) is 2.77. The van der Waals surface area contributed by atoms with E-state index in [0.717, 1.165) is 19.2 Å². The van der Waals surface area contributed by atoms with E-state index in [2.05, 4.69) is 10.3 Å². The molecule has 0 saturated carbocycles. The largest absolute Gasteiger partial charge is 0.380 e. The van der Waals surface area contributed by atoms with E-state index in [1.807, 2.05) is 6.92 Å². The fourth-order valence-corrected chi connectivity index (χ4v) is 1.84. The second kappa shape index (κ2) is 6.58. The number of rotatable bonds is 7. The molecule has 0 aliphatic rings. The van der Waals surface area contributed by atoms with Crippen molar-refractivity contribution in [3.05, 3.63) is 30.1 Å². The highest BCUT2D eigenvalue weighted by Crippen LogP contribution is 2.17. The van der Waals surface area contributed by atoms with Gasteiger partial charge in [-0.05, 0) is 6.92 Å². The topological polar surface area (TPSA) is 39.1 Å². The highest BCUT2D eigenvalue weighted by Gasteiger charge is 2.08. The Kier molecular flexibility index (Phi) is 4.81. The number of halogens is 2. The minimum absolute atomic E-state index is 0.466. The van der Waals surface area contributed by atoms with Crippen molar-refractivity contribution >= 4 is 11.0 Å². The third-order valence-corrected chi connectivity index (χ3v) is 2.82. The van der Waals surface area contributed by atoms with E-state index in [1.54, 1.807) is 10.9 Å². The predicted octanol–water partition coefficient (Wildman–Crippen LogP) is 1.94. The van der Waals surface area contributed by atoms with Gasteiger partial charge in [-0.2, -0.15) is 0 Å². The first-order valence-electron chi connectivity index (χ1n) is 6.30. The third-order valence-electron chi connectivity index (χ3n) is 2.82. The van der Waals surface area contributed by atoms with E-state index in [-0.39, 0.29) is 0 Å². The van der Waals surface area contributed by atoms with Crippen LogP contribution in [-0.2, 0) is 11.3 Å². The number of fused-ring (bicyclic) bond motifs is 1. The lowest BCUT2D eigenvalue weighted by molar-refractivity contribution is 0.149. The van der Waals surface area contributed by atoms with E-state index in [0.29, 0.717) is 30.8 Å². The molecule has 2 rings (SSSR count). The van der Waals surface area contributed by atoms with E-state index in [9.17, 15) is 8.78 Å². The van der Waals surface area contributed by atoms with Crippen molar-refractivity contribution in [3.8, 4) is 0 Å². The second-order valence-electron chi connectivity index (χ2n) is 4.14. The van der Waals surface area contributed by atoms with Crippen LogP contribution >= 0.6 is 0 Å². The maximum atomic E-state index is 13.2. The van der Waals surface area contributed by atoms with Crippen LogP contribution in [0.1, 0.15) is 6.92 Å². The molecule has 0 fully saturated rings. The van der Waals surface area contributed by atoms with Gasteiger partial charge in [-0.1, -0.05) is 0 Å². The van der Waals surface area contributed by atoms with Crippen LogP contribution < -0.4 is 5.32 Å². The van der Waals surface area contributed by atoms with Crippen molar-refractivity contribution in [2.24, 2.45) is 0 Å². The number of aromatic nitrogens is 2. The van der Waals surface area contributed by atoms with Gasteiger partial charge in [0.05, 0.1) is 24.0 Å². The quantitative estimate of drug-likeness (QED) is 0.781. The second-order valence-corrected chi connectivity index (χ2v) is 4.14. The predicted molar refractivity (Wildman–Crippen MR) is 69.0 cm³/mol. The normalized spacial score (nSPS) is 11.3. The first-order valence-corrected chi connectivity index (χ1v) is 6.30. The van der Waals surface area contributed by atoms with E-state index in [4.69, 9.17) is 4.74 Å². The molecule has 0 saturated heterocycles. The van der Waals surface area contributed by atoms with Crippen LogP contribution in [0, 0.1) is 11.6 Å². The average molecular weight is 269 g/mol. The zero-order valence-corrected chi connectivity index (χ0v) is 10.8. The monoisotopic (exact) mass is 269 g/mol. The van der Waals surface area contributed by atoms with Gasteiger partial charge in [0.25, 0.3) is 0 Å². The van der Waals surface area contributed by atoms with Crippen LogP contribution in [0.15, 0.2) is 18.5 Å². The molecule has 104 valence electrons. The zero-order chi connectivity index (χ0) is 13.7. The van der Waals surface area contributed by atoms with Crippen molar-refractivity contribution in [1.29, 1.82) is 0 Å². The van der Waals surface area contributed by atoms with E-state index >= 15 is 0 Å². The minimum atomic E-state index is -0.868. The molecule has 1 aromatic heterocycles. The first kappa shape index (κ1) is 13.9. The number of imidazole rings is 1. The zero-order valence-electron chi connectivity index (χ0n) is 10.8. The number of nitrogens with zero attached hydrogens (tertiary/aromatic N) is 2. The molecule has 1 aromatic carbocycles. The van der Waals surface area contributed by atoms with Crippen LogP contribution in [-0.4, -0.2) is 35.9 Å². The van der Waals surface area contributed by atoms with Crippen molar-refractivity contribution in [2.75, 3.05) is 26.3 Å². The SMILES string of the molecule is CCOCCNCCn1cnc2cc(F)c(F)cc21. The molecule has 6 heteroatoms. The van der Waals surface area contributed by atoms with Gasteiger partial charge in [-0.3, -0.25) is 0 Å². The van der Waals surface area contributed by atoms with Gasteiger partial charge < -0.3 is 14.6 Å². The molecular formula is C13H17F2N3O. The molecule has 0 radical (unpaired) electrons. The standard InChI is InChI=1S/C13H17F2N3O/c1-2-19-6-4-16-3-5-18-9-17-12-7-10(14)11(15)8-13(12)18/h7-9,16H,2-6H2,1H3. The van der Waals surface area contributed by atoms with Crippen LogP contribution in [0.3, 0.4) is 0 Å². The van der Waals surface area contributed by atoms with Crippen molar-refractivity contribution in [1.82, 2.24) is 14.9 Å². The molecule has 4 nitrogen and oxygen atoms in total. The summed E-state index contributed by atoms with van der Waals surface area (Å²) in [5.41, 5.74) is 1.07. The first-order chi connectivity index (χ1) is 9.22. The highest BCUT2D eigenvalue weighted by molar-refractivity contribution is 5.75. The number of benzene rings is 1. The summed E-state index contributed by atoms with van der Waals surface area (Å²) in [6.45, 7) is 5.46. The Morgan fingerprint density at radius 2 is 2.05 bits per heavy atom. The molecular weight excluding hydrogens is 252 g/mol. The lowest BCUT2D eigenvalue weighted by Gasteiger charge is -2.06. The lowest BCUT2D eigenvalue weighted by atomic mass is 10.3. The Balaban J connectivity index is 1.92. The van der Waals surface area contributed by atoms with Gasteiger partial charge in [-0.25, -0.2) is 13.8 Å². The molecule has 0 bridgehead atoms. The Morgan fingerprint density at radius 1 is 1.26 bits per heavy atom. The molecule has 0 spiro atoms. The maximum Gasteiger partial charge on any atom is 0.161 e. The summed E-state index contributed by atoms with van der Waals surface area (Å²) in [4.78, 5) is 4.05. The summed E-state index contributed by atoms with van der Waals surface area (Å²) in [5.74, 6) is -1.72. The summed E-state index contributed by atoms with van der Waals surface area (Å²) >= 11 is 0. The van der Waals surface area contributed by atoms with Gasteiger partial charge in [0.2, 0.25) is 0 Å². The van der Waals surface area contributed by atoms with Crippen LogP contribution in [0.25, 0.3) is 11.0 Å². The van der Waals surface area contributed by atoms with Gasteiger partial charge >= 0.3 is 0 Å². The maximum absolute atomic E-state index is 13.2. The number of ether oxygens (including phenoxy) is 1.